The molecule has 0 saturated heterocycles. The number of methoxy groups -OCH3 is 1. The largest absolute Gasteiger partial charge is 0.497 e. The summed E-state index contributed by atoms with van der Waals surface area (Å²) in [4.78, 5) is 11.6. The molecule has 1 aliphatic carbocycles. The Morgan fingerprint density at radius 2 is 1.89 bits per heavy atom. The van der Waals surface area contributed by atoms with Crippen LogP contribution in [0.25, 0.3) is 0 Å². The van der Waals surface area contributed by atoms with E-state index in [4.69, 9.17) is 9.47 Å². The van der Waals surface area contributed by atoms with Crippen LogP contribution in [0, 0.1) is 5.92 Å². The molecular weight excluding hydrogens is 240 g/mol. The summed E-state index contributed by atoms with van der Waals surface area (Å²) in [7, 11) is 1.64. The van der Waals surface area contributed by atoms with Crippen LogP contribution < -0.4 is 4.74 Å². The van der Waals surface area contributed by atoms with E-state index in [2.05, 4.69) is 0 Å². The number of carbonyl (C=O) groups is 1. The van der Waals surface area contributed by atoms with E-state index in [1.807, 2.05) is 24.3 Å². The molecule has 1 saturated carbocycles. The zero-order chi connectivity index (χ0) is 13.5. The molecular formula is C16H22O3. The number of rotatable bonds is 6. The SMILES string of the molecule is COc1ccc(COC(=O)CCC2CCCC2)cc1. The second kappa shape index (κ2) is 7.17. The number of hydrogen-bond acceptors (Lipinski definition) is 3. The Bertz CT molecular complexity index is 391. The number of benzene rings is 1. The quantitative estimate of drug-likeness (QED) is 0.733. The molecule has 0 unspecified atom stereocenters. The molecule has 0 bridgehead atoms. The van der Waals surface area contributed by atoms with Crippen LogP contribution >= 0.6 is 0 Å². The predicted octanol–water partition coefficient (Wildman–Crippen LogP) is 3.71. The molecule has 1 aliphatic rings. The van der Waals surface area contributed by atoms with Crippen LogP contribution in [0.4, 0.5) is 0 Å². The van der Waals surface area contributed by atoms with Crippen LogP contribution in [0.1, 0.15) is 44.1 Å². The number of hydrogen-bond donors (Lipinski definition) is 0. The first kappa shape index (κ1) is 13.9. The standard InChI is InChI=1S/C16H22O3/c1-18-15-9-6-14(7-10-15)12-19-16(17)11-8-13-4-2-3-5-13/h6-7,9-10,13H,2-5,8,11-12H2,1H3. The minimum absolute atomic E-state index is 0.0808. The van der Waals surface area contributed by atoms with Crippen LogP contribution in [-0.2, 0) is 16.1 Å². The first-order valence-corrected chi connectivity index (χ1v) is 7.06. The molecule has 0 spiro atoms. The molecule has 3 heteroatoms. The number of carbonyl (C=O) groups excluding carboxylic acids is 1. The van der Waals surface area contributed by atoms with Crippen LogP contribution in [0.5, 0.6) is 5.75 Å². The summed E-state index contributed by atoms with van der Waals surface area (Å²) in [5.74, 6) is 1.48. The lowest BCUT2D eigenvalue weighted by Crippen LogP contribution is -2.06. The third kappa shape index (κ3) is 4.58. The second-order valence-electron chi connectivity index (χ2n) is 5.20. The van der Waals surface area contributed by atoms with Crippen molar-refractivity contribution in [2.24, 2.45) is 5.92 Å². The van der Waals surface area contributed by atoms with Crippen molar-refractivity contribution in [3.05, 3.63) is 29.8 Å². The smallest absolute Gasteiger partial charge is 0.306 e. The van der Waals surface area contributed by atoms with E-state index in [1.165, 1.54) is 25.7 Å². The highest BCUT2D eigenvalue weighted by Crippen LogP contribution is 2.28. The van der Waals surface area contributed by atoms with Gasteiger partial charge >= 0.3 is 5.97 Å². The van der Waals surface area contributed by atoms with Crippen molar-refractivity contribution in [2.45, 2.75) is 45.1 Å². The highest BCUT2D eigenvalue weighted by Gasteiger charge is 2.16. The molecule has 19 heavy (non-hydrogen) atoms. The van der Waals surface area contributed by atoms with Crippen molar-refractivity contribution >= 4 is 5.97 Å². The second-order valence-corrected chi connectivity index (χ2v) is 5.20. The van der Waals surface area contributed by atoms with E-state index in [1.54, 1.807) is 7.11 Å². The molecule has 0 radical (unpaired) electrons. The molecule has 0 aliphatic heterocycles. The predicted molar refractivity (Wildman–Crippen MR) is 74.0 cm³/mol. The molecule has 104 valence electrons. The molecule has 1 aromatic carbocycles. The van der Waals surface area contributed by atoms with Gasteiger partial charge in [0.1, 0.15) is 12.4 Å². The molecule has 0 atom stereocenters. The molecule has 0 amide bonds. The maximum atomic E-state index is 11.6. The zero-order valence-corrected chi connectivity index (χ0v) is 11.6. The van der Waals surface area contributed by atoms with Gasteiger partial charge in [-0.05, 0) is 30.0 Å². The fourth-order valence-corrected chi connectivity index (χ4v) is 2.58. The van der Waals surface area contributed by atoms with Gasteiger partial charge in [-0.15, -0.1) is 0 Å². The van der Waals surface area contributed by atoms with Crippen molar-refractivity contribution in [3.63, 3.8) is 0 Å². The summed E-state index contributed by atoms with van der Waals surface area (Å²) in [6, 6.07) is 7.59. The topological polar surface area (TPSA) is 35.5 Å². The fraction of sp³-hybridized carbons (Fsp3) is 0.562. The van der Waals surface area contributed by atoms with Gasteiger partial charge < -0.3 is 9.47 Å². The first-order valence-electron chi connectivity index (χ1n) is 7.06. The van der Waals surface area contributed by atoms with E-state index in [0.29, 0.717) is 13.0 Å². The molecule has 3 nitrogen and oxygen atoms in total. The number of esters is 1. The first-order chi connectivity index (χ1) is 9.28. The van der Waals surface area contributed by atoms with Crippen LogP contribution in [-0.4, -0.2) is 13.1 Å². The Kier molecular flexibility index (Phi) is 5.25. The van der Waals surface area contributed by atoms with Crippen LogP contribution in [0.3, 0.4) is 0 Å². The minimum Gasteiger partial charge on any atom is -0.497 e. The Balaban J connectivity index is 1.67. The van der Waals surface area contributed by atoms with E-state index < -0.39 is 0 Å². The lowest BCUT2D eigenvalue weighted by molar-refractivity contribution is -0.145. The zero-order valence-electron chi connectivity index (χ0n) is 11.6. The average molecular weight is 262 g/mol. The molecule has 0 aromatic heterocycles. The third-order valence-electron chi connectivity index (χ3n) is 3.79. The molecule has 0 N–H and O–H groups in total. The normalized spacial score (nSPS) is 15.4. The highest BCUT2D eigenvalue weighted by molar-refractivity contribution is 5.69. The summed E-state index contributed by atoms with van der Waals surface area (Å²) in [6.07, 6.45) is 6.76. The van der Waals surface area contributed by atoms with Gasteiger partial charge in [0.05, 0.1) is 7.11 Å². The van der Waals surface area contributed by atoms with E-state index >= 15 is 0 Å². The van der Waals surface area contributed by atoms with E-state index in [9.17, 15) is 4.79 Å². The van der Waals surface area contributed by atoms with Crippen molar-refractivity contribution in [3.8, 4) is 5.75 Å². The summed E-state index contributed by atoms with van der Waals surface area (Å²) in [5.41, 5.74) is 0.995. The Labute approximate surface area is 114 Å². The molecule has 1 aromatic rings. The minimum atomic E-state index is -0.0808. The Morgan fingerprint density at radius 3 is 2.53 bits per heavy atom. The van der Waals surface area contributed by atoms with E-state index in [0.717, 1.165) is 23.7 Å². The number of ether oxygens (including phenoxy) is 2. The maximum Gasteiger partial charge on any atom is 0.306 e. The molecule has 0 heterocycles. The van der Waals surface area contributed by atoms with Gasteiger partial charge in [-0.2, -0.15) is 0 Å². The van der Waals surface area contributed by atoms with Crippen molar-refractivity contribution < 1.29 is 14.3 Å². The Morgan fingerprint density at radius 1 is 1.21 bits per heavy atom. The molecule has 1 fully saturated rings. The highest BCUT2D eigenvalue weighted by atomic mass is 16.5. The van der Waals surface area contributed by atoms with Gasteiger partial charge in [0, 0.05) is 6.42 Å². The van der Waals surface area contributed by atoms with Gasteiger partial charge in [0.25, 0.3) is 0 Å². The van der Waals surface area contributed by atoms with Crippen molar-refractivity contribution in [1.29, 1.82) is 0 Å². The van der Waals surface area contributed by atoms with Crippen molar-refractivity contribution in [2.75, 3.05) is 7.11 Å². The maximum absolute atomic E-state index is 11.6. The summed E-state index contributed by atoms with van der Waals surface area (Å²) >= 11 is 0. The van der Waals surface area contributed by atoms with Gasteiger partial charge in [-0.1, -0.05) is 37.8 Å². The van der Waals surface area contributed by atoms with Crippen LogP contribution in [0.2, 0.25) is 0 Å². The monoisotopic (exact) mass is 262 g/mol. The summed E-state index contributed by atoms with van der Waals surface area (Å²) in [5, 5.41) is 0. The van der Waals surface area contributed by atoms with Crippen molar-refractivity contribution in [1.82, 2.24) is 0 Å². The summed E-state index contributed by atoms with van der Waals surface area (Å²) in [6.45, 7) is 0.355. The van der Waals surface area contributed by atoms with Gasteiger partial charge in [-0.3, -0.25) is 4.79 Å². The fourth-order valence-electron chi connectivity index (χ4n) is 2.58. The summed E-state index contributed by atoms with van der Waals surface area (Å²) < 4.78 is 10.4. The van der Waals surface area contributed by atoms with Gasteiger partial charge in [-0.25, -0.2) is 0 Å². The molecule has 2 rings (SSSR count). The third-order valence-corrected chi connectivity index (χ3v) is 3.79. The van der Waals surface area contributed by atoms with Gasteiger partial charge in [0.15, 0.2) is 0 Å². The Hall–Kier alpha value is -1.51. The lowest BCUT2D eigenvalue weighted by atomic mass is 10.0. The lowest BCUT2D eigenvalue weighted by Gasteiger charge is -2.09. The van der Waals surface area contributed by atoms with Gasteiger partial charge in [0.2, 0.25) is 0 Å². The average Bonchev–Trinajstić information content (AvgIpc) is 2.96. The van der Waals surface area contributed by atoms with Crippen LogP contribution in [0.15, 0.2) is 24.3 Å². The van der Waals surface area contributed by atoms with E-state index in [-0.39, 0.29) is 5.97 Å².